The second-order valence-corrected chi connectivity index (χ2v) is 18.0. The quantitative estimate of drug-likeness (QED) is 0.0631. The molecule has 18 heteroatoms. The molecule has 0 radical (unpaired) electrons. The van der Waals surface area contributed by atoms with Gasteiger partial charge in [-0.15, -0.1) is 0 Å². The van der Waals surface area contributed by atoms with E-state index in [1.165, 1.54) is 0 Å². The molecule has 56 heavy (non-hydrogen) atoms. The fraction of sp³-hybridized carbons (Fsp3) is 0.921. The summed E-state index contributed by atoms with van der Waals surface area (Å²) in [6.45, 7) is 6.50. The summed E-state index contributed by atoms with van der Waals surface area (Å²) in [4.78, 5) is 14.1. The molecule has 18 nitrogen and oxygen atoms in total. The van der Waals surface area contributed by atoms with Gasteiger partial charge in [0.1, 0.15) is 73.2 Å². The van der Waals surface area contributed by atoms with Crippen molar-refractivity contribution in [3.8, 4) is 0 Å². The van der Waals surface area contributed by atoms with E-state index < -0.39 is 129 Å². The van der Waals surface area contributed by atoms with Gasteiger partial charge in [0.2, 0.25) is 6.29 Å². The minimum atomic E-state index is -1.81. The van der Waals surface area contributed by atoms with Gasteiger partial charge >= 0.3 is 5.97 Å². The Labute approximate surface area is 324 Å². The highest BCUT2D eigenvalue weighted by atomic mass is 16.7. The van der Waals surface area contributed by atoms with E-state index >= 15 is 0 Å². The van der Waals surface area contributed by atoms with Gasteiger partial charge in [0, 0.05) is 0 Å². The van der Waals surface area contributed by atoms with Crippen LogP contribution in [-0.2, 0) is 33.2 Å². The predicted octanol–water partition coefficient (Wildman–Crippen LogP) is -2.94. The van der Waals surface area contributed by atoms with Crippen LogP contribution in [0.1, 0.15) is 71.6 Å². The topological polar surface area (TPSA) is 295 Å². The van der Waals surface area contributed by atoms with Crippen molar-refractivity contribution in [2.24, 2.45) is 28.1 Å². The van der Waals surface area contributed by atoms with Gasteiger partial charge in [0.15, 0.2) is 12.6 Å². The Hall–Kier alpha value is -1.43. The molecule has 7 rings (SSSR count). The van der Waals surface area contributed by atoms with Crippen molar-refractivity contribution in [3.63, 3.8) is 0 Å². The minimum absolute atomic E-state index is 0.116. The number of aliphatic hydroxyl groups is 11. The molecule has 3 unspecified atom stereocenters. The second kappa shape index (κ2) is 15.6. The summed E-state index contributed by atoms with van der Waals surface area (Å²) in [5, 5.41) is 114. The Morgan fingerprint density at radius 2 is 1.23 bits per heavy atom. The number of aliphatic hydroxyl groups excluding tert-OH is 11. The van der Waals surface area contributed by atoms with Crippen LogP contribution in [0.2, 0.25) is 0 Å². The van der Waals surface area contributed by atoms with Gasteiger partial charge in [-0.05, 0) is 86.5 Å². The Morgan fingerprint density at radius 3 is 1.86 bits per heavy atom. The SMILES string of the molecule is C=C1C[C@@]23CCC4[C@@](C)(CCC[C@@]4(C)C(=O)OC4O[C@H](CO)[C@@H](O)[C@H](O)[C@H]4O)C2CC[C@]1(O[C@@H]1O[C@H](CO)[C@@H](O)[C@H](O[C@H]2O[C@H](CO)[C@@H](O)[C@H](O)[C@H]2O)[C@H]1O)C3. The Bertz CT molecular complexity index is 1450. The number of fused-ring (bicyclic) bond motifs is 3. The maximum atomic E-state index is 14.1. The van der Waals surface area contributed by atoms with Crippen LogP contribution in [0.25, 0.3) is 0 Å². The number of carbonyl (C=O) groups is 1. The van der Waals surface area contributed by atoms with Gasteiger partial charge in [-0.2, -0.15) is 0 Å². The van der Waals surface area contributed by atoms with Crippen LogP contribution < -0.4 is 0 Å². The maximum absolute atomic E-state index is 14.1. The zero-order valence-electron chi connectivity index (χ0n) is 31.8. The Balaban J connectivity index is 1.07. The van der Waals surface area contributed by atoms with Crippen molar-refractivity contribution in [2.75, 3.05) is 19.8 Å². The van der Waals surface area contributed by atoms with Crippen LogP contribution in [0, 0.1) is 28.1 Å². The molecule has 21 atom stereocenters. The number of carbonyl (C=O) groups excluding carboxylic acids is 1. The van der Waals surface area contributed by atoms with Crippen LogP contribution in [0.15, 0.2) is 12.2 Å². The van der Waals surface area contributed by atoms with Gasteiger partial charge < -0.3 is 84.6 Å². The third-order valence-electron chi connectivity index (χ3n) is 15.0. The molecule has 2 bridgehead atoms. The van der Waals surface area contributed by atoms with Gasteiger partial charge in [0.25, 0.3) is 0 Å². The number of esters is 1. The first kappa shape index (κ1) is 42.7. The fourth-order valence-corrected chi connectivity index (χ4v) is 12.0. The van der Waals surface area contributed by atoms with Crippen molar-refractivity contribution < 1.29 is 89.4 Å². The van der Waals surface area contributed by atoms with Crippen LogP contribution in [0.4, 0.5) is 0 Å². The highest BCUT2D eigenvalue weighted by molar-refractivity contribution is 5.77. The van der Waals surface area contributed by atoms with E-state index in [2.05, 4.69) is 13.5 Å². The van der Waals surface area contributed by atoms with E-state index in [1.54, 1.807) is 0 Å². The summed E-state index contributed by atoms with van der Waals surface area (Å²) in [7, 11) is 0. The normalized spacial score (nSPS) is 54.6. The standard InChI is InChI=1S/C38H60O18/c1-16-11-37-9-5-20-35(2,7-4-8-36(20,3)34(50)55-32-28(48)26(46)23(43)18(13-40)52-32)21(37)6-10-38(16,15-37)56-33-29(49)30(24(44)19(14-41)53-33)54-31-27(47)25(45)22(42)17(12-39)51-31/h17-33,39-49H,1,4-15H2,2-3H3/t17-,18-,19-,20?,21?,22-,23-,24-,25+,26+,27-,28-,29-,30+,31-,32?,33+,35-,36-,37-,38+/m1/s1. The van der Waals surface area contributed by atoms with E-state index in [-0.39, 0.29) is 22.7 Å². The average Bonchev–Trinajstić information content (AvgIpc) is 3.37. The molecule has 0 aromatic carbocycles. The van der Waals surface area contributed by atoms with Gasteiger partial charge in [-0.1, -0.05) is 19.9 Å². The number of ether oxygens (including phenoxy) is 6. The maximum Gasteiger partial charge on any atom is 0.314 e. The summed E-state index contributed by atoms with van der Waals surface area (Å²) in [6.07, 6.45) is -17.7. The highest BCUT2D eigenvalue weighted by Gasteiger charge is 2.69. The zero-order chi connectivity index (χ0) is 40.7. The predicted molar refractivity (Wildman–Crippen MR) is 186 cm³/mol. The molecule has 4 saturated carbocycles. The van der Waals surface area contributed by atoms with Gasteiger partial charge in [0.05, 0.1) is 30.8 Å². The third kappa shape index (κ3) is 6.69. The van der Waals surface area contributed by atoms with Crippen molar-refractivity contribution in [2.45, 2.75) is 169 Å². The Kier molecular flexibility index (Phi) is 11.9. The molecule has 3 aliphatic heterocycles. The molecular formula is C38H60O18. The van der Waals surface area contributed by atoms with E-state index in [0.29, 0.717) is 38.5 Å². The first-order valence-electron chi connectivity index (χ1n) is 19.9. The molecular weight excluding hydrogens is 744 g/mol. The lowest BCUT2D eigenvalue weighted by Gasteiger charge is -2.64. The summed E-state index contributed by atoms with van der Waals surface area (Å²) in [5.74, 6) is -0.562. The highest BCUT2D eigenvalue weighted by Crippen LogP contribution is 2.73. The van der Waals surface area contributed by atoms with E-state index in [0.717, 1.165) is 24.8 Å². The number of rotatable bonds is 9. The summed E-state index contributed by atoms with van der Waals surface area (Å²) in [5.41, 5.74) is -1.72. The van der Waals surface area contributed by atoms with Crippen molar-refractivity contribution in [1.82, 2.24) is 0 Å². The number of hydrogen-bond donors (Lipinski definition) is 11. The molecule has 0 amide bonds. The molecule has 0 aromatic heterocycles. The molecule has 11 N–H and O–H groups in total. The lowest BCUT2D eigenvalue weighted by molar-refractivity contribution is -0.369. The summed E-state index contributed by atoms with van der Waals surface area (Å²) in [6, 6.07) is 0. The molecule has 3 heterocycles. The van der Waals surface area contributed by atoms with Crippen molar-refractivity contribution in [1.29, 1.82) is 0 Å². The smallest absolute Gasteiger partial charge is 0.314 e. The van der Waals surface area contributed by atoms with E-state index in [4.69, 9.17) is 28.4 Å². The van der Waals surface area contributed by atoms with Gasteiger partial charge in [-0.25, -0.2) is 0 Å². The van der Waals surface area contributed by atoms with E-state index in [1.807, 2.05) is 6.92 Å². The summed E-state index contributed by atoms with van der Waals surface area (Å²) < 4.78 is 35.1. The minimum Gasteiger partial charge on any atom is -0.432 e. The molecule has 7 fully saturated rings. The van der Waals surface area contributed by atoms with Crippen LogP contribution >= 0.6 is 0 Å². The zero-order valence-corrected chi connectivity index (χ0v) is 31.8. The molecule has 0 aromatic rings. The van der Waals surface area contributed by atoms with Crippen molar-refractivity contribution >= 4 is 5.97 Å². The first-order valence-corrected chi connectivity index (χ1v) is 19.9. The van der Waals surface area contributed by atoms with Crippen LogP contribution in [0.3, 0.4) is 0 Å². The van der Waals surface area contributed by atoms with Gasteiger partial charge in [-0.3, -0.25) is 4.79 Å². The molecule has 4 aliphatic carbocycles. The summed E-state index contributed by atoms with van der Waals surface area (Å²) >= 11 is 0. The number of hydrogen-bond acceptors (Lipinski definition) is 18. The average molecular weight is 805 g/mol. The monoisotopic (exact) mass is 804 g/mol. The third-order valence-corrected chi connectivity index (χ3v) is 15.0. The molecule has 7 aliphatic rings. The Morgan fingerprint density at radius 1 is 0.679 bits per heavy atom. The van der Waals surface area contributed by atoms with Crippen LogP contribution in [-0.4, -0.2) is 180 Å². The fourth-order valence-electron chi connectivity index (χ4n) is 12.0. The molecule has 1 spiro atoms. The lowest BCUT2D eigenvalue weighted by atomic mass is 9.41. The van der Waals surface area contributed by atoms with E-state index in [9.17, 15) is 61.0 Å². The molecule has 3 saturated heterocycles. The first-order chi connectivity index (χ1) is 26.4. The largest absolute Gasteiger partial charge is 0.432 e. The van der Waals surface area contributed by atoms with Crippen molar-refractivity contribution in [3.05, 3.63) is 12.2 Å². The van der Waals surface area contributed by atoms with Crippen LogP contribution in [0.5, 0.6) is 0 Å². The second-order valence-electron chi connectivity index (χ2n) is 18.0. The molecule has 320 valence electrons. The lowest BCUT2D eigenvalue weighted by Crippen LogP contribution is -2.65.